The third-order valence-electron chi connectivity index (χ3n) is 4.00. The summed E-state index contributed by atoms with van der Waals surface area (Å²) in [7, 11) is -3.73. The quantitative estimate of drug-likeness (QED) is 0.809. The average Bonchev–Trinajstić information content (AvgIpc) is 2.53. The van der Waals surface area contributed by atoms with Crippen LogP contribution < -0.4 is 9.47 Å². The molecular formula is C15H20N2O5S. The Balaban J connectivity index is 1.83. The predicted molar refractivity (Wildman–Crippen MR) is 83.0 cm³/mol. The van der Waals surface area contributed by atoms with Crippen LogP contribution in [0.25, 0.3) is 0 Å². The average molecular weight is 340 g/mol. The number of sulfonamides is 1. The number of benzene rings is 1. The summed E-state index contributed by atoms with van der Waals surface area (Å²) in [6.45, 7) is 5.24. The number of hydrogen-bond donors (Lipinski definition) is 0. The highest BCUT2D eigenvalue weighted by molar-refractivity contribution is 7.89. The van der Waals surface area contributed by atoms with Crippen LogP contribution in [0.3, 0.4) is 0 Å². The topological polar surface area (TPSA) is 76.2 Å². The molecule has 0 aromatic heterocycles. The number of hydrogen-bond acceptors (Lipinski definition) is 5. The minimum atomic E-state index is -3.73. The molecular weight excluding hydrogens is 320 g/mol. The van der Waals surface area contributed by atoms with Crippen molar-refractivity contribution in [3.8, 4) is 11.5 Å². The van der Waals surface area contributed by atoms with E-state index in [1.807, 2.05) is 13.8 Å². The molecule has 1 fully saturated rings. The molecule has 0 radical (unpaired) electrons. The second kappa shape index (κ2) is 6.01. The van der Waals surface area contributed by atoms with Gasteiger partial charge in [-0.2, -0.15) is 4.31 Å². The van der Waals surface area contributed by atoms with E-state index >= 15 is 0 Å². The van der Waals surface area contributed by atoms with Gasteiger partial charge in [-0.05, 0) is 26.0 Å². The number of rotatable bonds is 3. The van der Waals surface area contributed by atoms with Gasteiger partial charge in [0, 0.05) is 25.2 Å². The molecule has 1 aromatic rings. The molecule has 0 atom stereocenters. The molecule has 0 saturated carbocycles. The Labute approximate surface area is 135 Å². The second-order valence-corrected chi connectivity index (χ2v) is 7.76. The van der Waals surface area contributed by atoms with E-state index in [0.717, 1.165) is 0 Å². The molecule has 0 spiro atoms. The molecule has 2 aliphatic rings. The Morgan fingerprint density at radius 3 is 2.43 bits per heavy atom. The molecule has 0 unspecified atom stereocenters. The molecule has 2 aliphatic heterocycles. The minimum Gasteiger partial charge on any atom is -0.486 e. The molecule has 0 aliphatic carbocycles. The van der Waals surface area contributed by atoms with Gasteiger partial charge in [-0.3, -0.25) is 4.79 Å². The summed E-state index contributed by atoms with van der Waals surface area (Å²) in [6, 6.07) is 4.61. The van der Waals surface area contributed by atoms with Gasteiger partial charge in [-0.25, -0.2) is 8.42 Å². The van der Waals surface area contributed by atoms with Gasteiger partial charge in [0.25, 0.3) is 0 Å². The predicted octanol–water partition coefficient (Wildman–Crippen LogP) is 0.699. The zero-order valence-corrected chi connectivity index (χ0v) is 14.0. The van der Waals surface area contributed by atoms with Gasteiger partial charge < -0.3 is 14.4 Å². The lowest BCUT2D eigenvalue weighted by Crippen LogP contribution is -2.54. The fraction of sp³-hybridized carbons (Fsp3) is 0.533. The van der Waals surface area contributed by atoms with Crippen molar-refractivity contribution in [2.75, 3.05) is 32.8 Å². The number of carbonyl (C=O) groups is 1. The molecule has 7 nitrogen and oxygen atoms in total. The Kier molecular flexibility index (Phi) is 4.20. The highest BCUT2D eigenvalue weighted by atomic mass is 32.2. The lowest BCUT2D eigenvalue weighted by atomic mass is 10.2. The van der Waals surface area contributed by atoms with Crippen LogP contribution >= 0.6 is 0 Å². The molecule has 1 saturated heterocycles. The number of nitrogens with zero attached hydrogens (tertiary/aromatic N) is 2. The Bertz CT molecular complexity index is 717. The van der Waals surface area contributed by atoms with Crippen LogP contribution in [0.2, 0.25) is 0 Å². The molecule has 126 valence electrons. The summed E-state index contributed by atoms with van der Waals surface area (Å²) in [5.41, 5.74) is 0. The van der Waals surface area contributed by atoms with Crippen molar-refractivity contribution in [3.63, 3.8) is 0 Å². The van der Waals surface area contributed by atoms with E-state index in [2.05, 4.69) is 0 Å². The summed E-state index contributed by atoms with van der Waals surface area (Å²) in [6.07, 6.45) is 0. The van der Waals surface area contributed by atoms with E-state index < -0.39 is 10.0 Å². The van der Waals surface area contributed by atoms with Crippen molar-refractivity contribution in [2.45, 2.75) is 24.8 Å². The van der Waals surface area contributed by atoms with Gasteiger partial charge in [0.15, 0.2) is 11.5 Å². The van der Waals surface area contributed by atoms with Crippen LogP contribution in [-0.4, -0.2) is 62.4 Å². The van der Waals surface area contributed by atoms with Crippen molar-refractivity contribution in [1.82, 2.24) is 9.21 Å². The smallest absolute Gasteiger partial charge is 0.243 e. The van der Waals surface area contributed by atoms with E-state index in [9.17, 15) is 13.2 Å². The first-order valence-corrected chi connectivity index (χ1v) is 9.03. The Morgan fingerprint density at radius 1 is 1.09 bits per heavy atom. The van der Waals surface area contributed by atoms with Gasteiger partial charge in [0.1, 0.15) is 13.2 Å². The summed E-state index contributed by atoms with van der Waals surface area (Å²) in [5.74, 6) is 0.785. The van der Waals surface area contributed by atoms with Gasteiger partial charge in [-0.1, -0.05) is 0 Å². The lowest BCUT2D eigenvalue weighted by molar-refractivity contribution is -0.135. The van der Waals surface area contributed by atoms with Gasteiger partial charge >= 0.3 is 0 Å². The molecule has 8 heteroatoms. The minimum absolute atomic E-state index is 0.0710. The van der Waals surface area contributed by atoms with Crippen LogP contribution in [0.1, 0.15) is 13.8 Å². The number of fused-ring (bicyclic) bond motifs is 1. The lowest BCUT2D eigenvalue weighted by Gasteiger charge is -2.36. The molecule has 1 amide bonds. The van der Waals surface area contributed by atoms with Gasteiger partial charge in [-0.15, -0.1) is 0 Å². The molecule has 0 bridgehead atoms. The Hall–Kier alpha value is -1.80. The zero-order chi connectivity index (χ0) is 16.6. The van der Waals surface area contributed by atoms with Crippen molar-refractivity contribution in [1.29, 1.82) is 0 Å². The van der Waals surface area contributed by atoms with E-state index in [1.54, 1.807) is 11.0 Å². The zero-order valence-electron chi connectivity index (χ0n) is 13.2. The fourth-order valence-corrected chi connectivity index (χ4v) is 4.15. The first kappa shape index (κ1) is 16.1. The molecule has 1 aromatic carbocycles. The molecule has 3 rings (SSSR count). The SMILES string of the molecule is CC(C)N1CCN(S(=O)(=O)c2ccc3c(c2)OCCO3)CC1=O. The highest BCUT2D eigenvalue weighted by Gasteiger charge is 2.34. The van der Waals surface area contributed by atoms with Gasteiger partial charge in [0.2, 0.25) is 15.9 Å². The van der Waals surface area contributed by atoms with Crippen molar-refractivity contribution < 1.29 is 22.7 Å². The molecule has 2 heterocycles. The maximum atomic E-state index is 12.8. The van der Waals surface area contributed by atoms with E-state index in [1.165, 1.54) is 16.4 Å². The van der Waals surface area contributed by atoms with Crippen molar-refractivity contribution in [3.05, 3.63) is 18.2 Å². The van der Waals surface area contributed by atoms with Crippen LogP contribution in [0.5, 0.6) is 11.5 Å². The van der Waals surface area contributed by atoms with E-state index in [4.69, 9.17) is 9.47 Å². The summed E-state index contributed by atoms with van der Waals surface area (Å²) in [5, 5.41) is 0. The largest absolute Gasteiger partial charge is 0.486 e. The van der Waals surface area contributed by atoms with Crippen LogP contribution in [0.15, 0.2) is 23.1 Å². The number of carbonyl (C=O) groups excluding carboxylic acids is 1. The van der Waals surface area contributed by atoms with Crippen LogP contribution in [0.4, 0.5) is 0 Å². The number of piperazine rings is 1. The van der Waals surface area contributed by atoms with Gasteiger partial charge in [0.05, 0.1) is 11.4 Å². The second-order valence-electron chi connectivity index (χ2n) is 5.82. The first-order valence-electron chi connectivity index (χ1n) is 7.59. The third kappa shape index (κ3) is 3.00. The molecule has 23 heavy (non-hydrogen) atoms. The van der Waals surface area contributed by atoms with Crippen molar-refractivity contribution in [2.24, 2.45) is 0 Å². The summed E-state index contributed by atoms with van der Waals surface area (Å²) < 4.78 is 37.6. The first-order chi connectivity index (χ1) is 10.9. The summed E-state index contributed by atoms with van der Waals surface area (Å²) in [4.78, 5) is 13.9. The molecule has 0 N–H and O–H groups in total. The van der Waals surface area contributed by atoms with Crippen LogP contribution in [-0.2, 0) is 14.8 Å². The van der Waals surface area contributed by atoms with Crippen LogP contribution in [0, 0.1) is 0 Å². The standard InChI is InChI=1S/C15H20N2O5S/c1-11(2)17-6-5-16(10-15(17)18)23(19,20)12-3-4-13-14(9-12)22-8-7-21-13/h3-4,9,11H,5-8,10H2,1-2H3. The maximum Gasteiger partial charge on any atom is 0.243 e. The van der Waals surface area contributed by atoms with E-state index in [0.29, 0.717) is 37.8 Å². The third-order valence-corrected chi connectivity index (χ3v) is 5.84. The summed E-state index contributed by atoms with van der Waals surface area (Å²) >= 11 is 0. The Morgan fingerprint density at radius 2 is 1.78 bits per heavy atom. The monoisotopic (exact) mass is 340 g/mol. The fourth-order valence-electron chi connectivity index (χ4n) is 2.75. The van der Waals surface area contributed by atoms with E-state index in [-0.39, 0.29) is 23.4 Å². The maximum absolute atomic E-state index is 12.8. The normalized spacial score (nSPS) is 19.3. The number of ether oxygens (including phenoxy) is 2. The highest BCUT2D eigenvalue weighted by Crippen LogP contribution is 2.33. The van der Waals surface area contributed by atoms with Crippen molar-refractivity contribution >= 4 is 15.9 Å². The number of amides is 1.